The van der Waals surface area contributed by atoms with Crippen LogP contribution in [0.3, 0.4) is 0 Å². The highest BCUT2D eigenvalue weighted by atomic mass is 32.2. The fourth-order valence-corrected chi connectivity index (χ4v) is 6.04. The second-order valence-corrected chi connectivity index (χ2v) is 9.59. The Kier molecular flexibility index (Phi) is 7.66. The summed E-state index contributed by atoms with van der Waals surface area (Å²) >= 11 is 1.32. The molecule has 8 nitrogen and oxygen atoms in total. The predicted octanol–water partition coefficient (Wildman–Crippen LogP) is 1.36. The van der Waals surface area contributed by atoms with Crippen molar-refractivity contribution in [3.05, 3.63) is 29.8 Å². The van der Waals surface area contributed by atoms with Crippen molar-refractivity contribution in [2.45, 2.75) is 29.9 Å². The van der Waals surface area contributed by atoms with E-state index in [1.165, 1.54) is 11.8 Å². The summed E-state index contributed by atoms with van der Waals surface area (Å²) in [5.74, 6) is -1.21. The van der Waals surface area contributed by atoms with Gasteiger partial charge in [0.1, 0.15) is 0 Å². The van der Waals surface area contributed by atoms with Crippen LogP contribution in [0, 0.1) is 0 Å². The van der Waals surface area contributed by atoms with Crippen LogP contribution in [-0.2, 0) is 19.4 Å². The van der Waals surface area contributed by atoms with E-state index in [1.807, 2.05) is 6.92 Å². The number of hydrogen-bond donors (Lipinski definition) is 2. The molecule has 3 amide bonds. The third-order valence-corrected chi connectivity index (χ3v) is 7.04. The lowest BCUT2D eigenvalue weighted by Gasteiger charge is -2.12. The largest absolute Gasteiger partial charge is 0.452 e. The van der Waals surface area contributed by atoms with E-state index in [0.717, 1.165) is 6.42 Å². The molecule has 27 heavy (non-hydrogen) atoms. The minimum Gasteiger partial charge on any atom is -0.452 e. The monoisotopic (exact) mass is 414 g/mol. The van der Waals surface area contributed by atoms with Crippen LogP contribution in [0.15, 0.2) is 29.2 Å². The Balaban J connectivity index is 1.91. The number of esters is 1. The number of rotatable bonds is 7. The number of urea groups is 1. The van der Waals surface area contributed by atoms with Crippen LogP contribution >= 0.6 is 11.8 Å². The Hall–Kier alpha value is -2.07. The molecule has 0 bridgehead atoms. The molecule has 1 aromatic carbocycles. The zero-order valence-corrected chi connectivity index (χ0v) is 16.5. The number of carbonyl (C=O) groups is 3. The molecule has 1 saturated heterocycles. The molecule has 0 saturated carbocycles. The van der Waals surface area contributed by atoms with E-state index in [-0.39, 0.29) is 22.3 Å². The van der Waals surface area contributed by atoms with E-state index in [4.69, 9.17) is 4.74 Å². The normalized spacial score (nSPS) is 17.9. The lowest BCUT2D eigenvalue weighted by atomic mass is 10.2. The van der Waals surface area contributed by atoms with Gasteiger partial charge in [-0.3, -0.25) is 10.1 Å². The van der Waals surface area contributed by atoms with Crippen molar-refractivity contribution in [2.24, 2.45) is 0 Å². The van der Waals surface area contributed by atoms with Gasteiger partial charge in [-0.15, -0.1) is 11.8 Å². The third kappa shape index (κ3) is 6.87. The standard InChI is InChI=1S/C17H22N2O6S2/c1-2-8-18-17(22)19-15(20)10-25-16(21)13-5-3-4-6-14(13)26-12-7-9-27(23,24)11-12/h3-6,12H,2,7-11H2,1H3,(H2,18,19,20,22)/t12-/m0/s1. The number of amides is 3. The number of ether oxygens (including phenoxy) is 1. The van der Waals surface area contributed by atoms with Crippen molar-refractivity contribution < 1.29 is 27.5 Å². The van der Waals surface area contributed by atoms with Gasteiger partial charge < -0.3 is 10.1 Å². The molecule has 10 heteroatoms. The lowest BCUT2D eigenvalue weighted by molar-refractivity contribution is -0.123. The van der Waals surface area contributed by atoms with E-state index in [9.17, 15) is 22.8 Å². The van der Waals surface area contributed by atoms with Crippen LogP contribution in [0.1, 0.15) is 30.1 Å². The first-order chi connectivity index (χ1) is 12.8. The van der Waals surface area contributed by atoms with Crippen LogP contribution < -0.4 is 10.6 Å². The number of hydrogen-bond acceptors (Lipinski definition) is 7. The Morgan fingerprint density at radius 3 is 2.67 bits per heavy atom. The van der Waals surface area contributed by atoms with Crippen LogP contribution in [0.2, 0.25) is 0 Å². The first-order valence-corrected chi connectivity index (χ1v) is 11.2. The minimum atomic E-state index is -3.02. The van der Waals surface area contributed by atoms with Crippen LogP contribution in [0.5, 0.6) is 0 Å². The minimum absolute atomic E-state index is 0.0797. The smallest absolute Gasteiger partial charge is 0.339 e. The second-order valence-electron chi connectivity index (χ2n) is 6.02. The molecule has 0 aromatic heterocycles. The van der Waals surface area contributed by atoms with Gasteiger partial charge in [-0.2, -0.15) is 0 Å². The molecule has 148 valence electrons. The summed E-state index contributed by atoms with van der Waals surface area (Å²) in [5, 5.41) is 4.42. The predicted molar refractivity (Wildman–Crippen MR) is 101 cm³/mol. The Bertz CT molecular complexity index is 809. The number of sulfone groups is 1. The highest BCUT2D eigenvalue weighted by molar-refractivity contribution is 8.02. The number of carbonyl (C=O) groups excluding carboxylic acids is 3. The Morgan fingerprint density at radius 1 is 1.26 bits per heavy atom. The molecule has 0 aliphatic carbocycles. The van der Waals surface area contributed by atoms with Crippen molar-refractivity contribution in [1.29, 1.82) is 0 Å². The fourth-order valence-electron chi connectivity index (χ4n) is 2.43. The van der Waals surface area contributed by atoms with E-state index in [0.29, 0.717) is 17.9 Å². The van der Waals surface area contributed by atoms with Gasteiger partial charge in [-0.1, -0.05) is 19.1 Å². The molecule has 1 heterocycles. The fraction of sp³-hybridized carbons (Fsp3) is 0.471. The van der Waals surface area contributed by atoms with Crippen molar-refractivity contribution >= 4 is 39.5 Å². The molecule has 0 unspecified atom stereocenters. The molecule has 2 rings (SSSR count). The van der Waals surface area contributed by atoms with Gasteiger partial charge in [0.2, 0.25) is 0 Å². The molecule has 0 spiro atoms. The molecular weight excluding hydrogens is 392 g/mol. The summed E-state index contributed by atoms with van der Waals surface area (Å²) in [7, 11) is -3.02. The van der Waals surface area contributed by atoms with Crippen LogP contribution in [0.25, 0.3) is 0 Å². The summed E-state index contributed by atoms with van der Waals surface area (Å²) in [6, 6.07) is 6.03. The summed E-state index contributed by atoms with van der Waals surface area (Å²) in [5.41, 5.74) is 0.259. The van der Waals surface area contributed by atoms with Gasteiger partial charge >= 0.3 is 12.0 Å². The average molecular weight is 415 g/mol. The van der Waals surface area contributed by atoms with E-state index in [2.05, 4.69) is 10.6 Å². The van der Waals surface area contributed by atoms with Crippen molar-refractivity contribution in [3.63, 3.8) is 0 Å². The van der Waals surface area contributed by atoms with E-state index >= 15 is 0 Å². The topological polar surface area (TPSA) is 119 Å². The lowest BCUT2D eigenvalue weighted by Crippen LogP contribution is -2.41. The van der Waals surface area contributed by atoms with Gasteiger partial charge in [0.15, 0.2) is 16.4 Å². The maximum absolute atomic E-state index is 12.3. The number of nitrogens with one attached hydrogen (secondary N) is 2. The summed E-state index contributed by atoms with van der Waals surface area (Å²) < 4.78 is 28.2. The zero-order chi connectivity index (χ0) is 19.9. The van der Waals surface area contributed by atoms with Crippen molar-refractivity contribution in [2.75, 3.05) is 24.7 Å². The molecule has 0 radical (unpaired) electrons. The molecule has 1 fully saturated rings. The van der Waals surface area contributed by atoms with Crippen LogP contribution in [0.4, 0.5) is 4.79 Å². The summed E-state index contributed by atoms with van der Waals surface area (Å²) in [6.45, 7) is 1.72. The van der Waals surface area contributed by atoms with Crippen LogP contribution in [-0.4, -0.2) is 56.2 Å². The quantitative estimate of drug-likeness (QED) is 0.647. The second kappa shape index (κ2) is 9.75. The number of benzene rings is 1. The first kappa shape index (κ1) is 21.2. The van der Waals surface area contributed by atoms with Gasteiger partial charge in [0.05, 0.1) is 17.1 Å². The van der Waals surface area contributed by atoms with Crippen molar-refractivity contribution in [3.8, 4) is 0 Å². The number of thioether (sulfide) groups is 1. The van der Waals surface area contributed by atoms with Gasteiger partial charge in [-0.05, 0) is 25.0 Å². The van der Waals surface area contributed by atoms with Gasteiger partial charge in [0, 0.05) is 16.7 Å². The van der Waals surface area contributed by atoms with Crippen molar-refractivity contribution in [1.82, 2.24) is 10.6 Å². The highest BCUT2D eigenvalue weighted by Crippen LogP contribution is 2.33. The maximum atomic E-state index is 12.3. The molecule has 2 N–H and O–H groups in total. The molecular formula is C17H22N2O6S2. The molecule has 1 aliphatic heterocycles. The maximum Gasteiger partial charge on any atom is 0.339 e. The SMILES string of the molecule is CCCNC(=O)NC(=O)COC(=O)c1ccccc1S[C@H]1CCS(=O)(=O)C1. The van der Waals surface area contributed by atoms with Gasteiger partial charge in [0.25, 0.3) is 5.91 Å². The Morgan fingerprint density at radius 2 is 2.00 bits per heavy atom. The molecule has 1 aromatic rings. The van der Waals surface area contributed by atoms with E-state index in [1.54, 1.807) is 24.3 Å². The van der Waals surface area contributed by atoms with E-state index < -0.39 is 34.4 Å². The Labute approximate surface area is 162 Å². The highest BCUT2D eigenvalue weighted by Gasteiger charge is 2.29. The molecule has 1 aliphatic rings. The number of imide groups is 1. The average Bonchev–Trinajstić information content (AvgIpc) is 2.96. The summed E-state index contributed by atoms with van der Waals surface area (Å²) in [6.07, 6.45) is 1.26. The zero-order valence-electron chi connectivity index (χ0n) is 14.9. The first-order valence-electron chi connectivity index (χ1n) is 8.51. The van der Waals surface area contributed by atoms with Gasteiger partial charge in [-0.25, -0.2) is 18.0 Å². The molecule has 1 atom stereocenters. The summed E-state index contributed by atoms with van der Waals surface area (Å²) in [4.78, 5) is 36.0. The third-order valence-electron chi connectivity index (χ3n) is 3.71.